The van der Waals surface area contributed by atoms with Crippen LogP contribution in [0.5, 0.6) is 11.5 Å². The van der Waals surface area contributed by atoms with Crippen LogP contribution in [0.1, 0.15) is 12.5 Å². The van der Waals surface area contributed by atoms with Gasteiger partial charge in [0, 0.05) is 11.0 Å². The molecule has 6 heteroatoms. The van der Waals surface area contributed by atoms with Gasteiger partial charge in [-0.1, -0.05) is 15.9 Å². The van der Waals surface area contributed by atoms with Crippen LogP contribution in [0.25, 0.3) is 0 Å². The minimum atomic E-state index is -0.373. The molecule has 0 saturated heterocycles. The normalized spacial score (nSPS) is 14.7. The quantitative estimate of drug-likeness (QED) is 0.874. The Morgan fingerprint density at radius 1 is 1.53 bits per heavy atom. The van der Waals surface area contributed by atoms with E-state index in [0.717, 1.165) is 21.5 Å². The Bertz CT molecular complexity index is 451. The number of rotatable bonds is 4. The van der Waals surface area contributed by atoms with Crippen LogP contribution >= 0.6 is 15.9 Å². The van der Waals surface area contributed by atoms with Crippen molar-refractivity contribution >= 4 is 21.8 Å². The highest BCUT2D eigenvalue weighted by Gasteiger charge is 2.17. The van der Waals surface area contributed by atoms with Crippen LogP contribution in [0.15, 0.2) is 16.6 Å². The standard InChI is InChI=1S/C11H13BrN2O3/c1-6(11(13)15)14-4-7-2-9-10(3-8(7)12)17-5-16-9/h2-3,6,14H,4-5H2,1H3,(H2,13,15). The van der Waals surface area contributed by atoms with E-state index in [0.29, 0.717) is 6.54 Å². The Hall–Kier alpha value is -1.27. The third-order valence-corrected chi connectivity index (χ3v) is 3.31. The molecule has 1 aromatic rings. The highest BCUT2D eigenvalue weighted by molar-refractivity contribution is 9.10. The molecule has 1 aliphatic rings. The number of hydrogen-bond donors (Lipinski definition) is 2. The molecule has 0 radical (unpaired) electrons. The number of halogens is 1. The fourth-order valence-corrected chi connectivity index (χ4v) is 1.92. The summed E-state index contributed by atoms with van der Waals surface area (Å²) in [6.07, 6.45) is 0. The van der Waals surface area contributed by atoms with E-state index in [1.165, 1.54) is 0 Å². The lowest BCUT2D eigenvalue weighted by atomic mass is 10.2. The first-order valence-corrected chi connectivity index (χ1v) is 5.98. The molecule has 92 valence electrons. The average Bonchev–Trinajstić information content (AvgIpc) is 2.72. The van der Waals surface area contributed by atoms with Crippen molar-refractivity contribution in [3.63, 3.8) is 0 Å². The molecule has 3 N–H and O–H groups in total. The smallest absolute Gasteiger partial charge is 0.234 e. The monoisotopic (exact) mass is 300 g/mol. The molecule has 1 amide bonds. The van der Waals surface area contributed by atoms with Gasteiger partial charge < -0.3 is 20.5 Å². The molecule has 0 bridgehead atoms. The summed E-state index contributed by atoms with van der Waals surface area (Å²) in [5.74, 6) is 1.07. The fraction of sp³-hybridized carbons (Fsp3) is 0.364. The maximum Gasteiger partial charge on any atom is 0.234 e. The van der Waals surface area contributed by atoms with Gasteiger partial charge in [-0.3, -0.25) is 4.79 Å². The Kier molecular flexibility index (Phi) is 3.54. The van der Waals surface area contributed by atoms with Crippen LogP contribution < -0.4 is 20.5 Å². The van der Waals surface area contributed by atoms with Gasteiger partial charge in [-0.25, -0.2) is 0 Å². The largest absolute Gasteiger partial charge is 0.454 e. The highest BCUT2D eigenvalue weighted by Crippen LogP contribution is 2.36. The van der Waals surface area contributed by atoms with Gasteiger partial charge in [0.2, 0.25) is 12.7 Å². The summed E-state index contributed by atoms with van der Waals surface area (Å²) in [6.45, 7) is 2.50. The second-order valence-electron chi connectivity index (χ2n) is 3.80. The first-order valence-electron chi connectivity index (χ1n) is 5.18. The number of carbonyl (C=O) groups excluding carboxylic acids is 1. The summed E-state index contributed by atoms with van der Waals surface area (Å²) in [5.41, 5.74) is 6.16. The minimum Gasteiger partial charge on any atom is -0.454 e. The highest BCUT2D eigenvalue weighted by atomic mass is 79.9. The molecule has 0 spiro atoms. The van der Waals surface area contributed by atoms with Crippen molar-refractivity contribution in [3.8, 4) is 11.5 Å². The van der Waals surface area contributed by atoms with Crippen molar-refractivity contribution in [1.29, 1.82) is 0 Å². The van der Waals surface area contributed by atoms with Gasteiger partial charge in [-0.2, -0.15) is 0 Å². The molecule has 2 rings (SSSR count). The van der Waals surface area contributed by atoms with Gasteiger partial charge >= 0.3 is 0 Å². The van der Waals surface area contributed by atoms with Gasteiger partial charge in [0.1, 0.15) is 0 Å². The summed E-state index contributed by atoms with van der Waals surface area (Å²) in [7, 11) is 0. The second kappa shape index (κ2) is 4.93. The van der Waals surface area contributed by atoms with Crippen molar-refractivity contribution in [2.24, 2.45) is 5.73 Å². The minimum absolute atomic E-state index is 0.246. The van der Waals surface area contributed by atoms with E-state index in [9.17, 15) is 4.79 Å². The SMILES string of the molecule is CC(NCc1cc2c(cc1Br)OCO2)C(N)=O. The summed E-state index contributed by atoms with van der Waals surface area (Å²) in [6, 6.07) is 3.37. The van der Waals surface area contributed by atoms with Crippen LogP contribution in [0.4, 0.5) is 0 Å². The summed E-state index contributed by atoms with van der Waals surface area (Å²) in [4.78, 5) is 10.9. The number of primary amides is 1. The summed E-state index contributed by atoms with van der Waals surface area (Å²) >= 11 is 3.45. The van der Waals surface area contributed by atoms with Gasteiger partial charge in [0.25, 0.3) is 0 Å². The zero-order chi connectivity index (χ0) is 12.4. The molecule has 0 fully saturated rings. The number of benzene rings is 1. The second-order valence-corrected chi connectivity index (χ2v) is 4.66. The lowest BCUT2D eigenvalue weighted by molar-refractivity contribution is -0.119. The Balaban J connectivity index is 2.09. The predicted molar refractivity (Wildman–Crippen MR) is 65.8 cm³/mol. The van der Waals surface area contributed by atoms with E-state index in [1.54, 1.807) is 6.92 Å². The van der Waals surface area contributed by atoms with Crippen molar-refractivity contribution in [3.05, 3.63) is 22.2 Å². The molecule has 1 aliphatic heterocycles. The van der Waals surface area contributed by atoms with Crippen molar-refractivity contribution in [1.82, 2.24) is 5.32 Å². The first kappa shape index (κ1) is 12.2. The zero-order valence-corrected chi connectivity index (χ0v) is 10.9. The number of fused-ring (bicyclic) bond motifs is 1. The van der Waals surface area contributed by atoms with Crippen molar-refractivity contribution in [2.75, 3.05) is 6.79 Å². The molecule has 1 atom stereocenters. The van der Waals surface area contributed by atoms with E-state index in [1.807, 2.05) is 12.1 Å². The number of hydrogen-bond acceptors (Lipinski definition) is 4. The Morgan fingerprint density at radius 2 is 2.18 bits per heavy atom. The molecule has 1 unspecified atom stereocenters. The first-order chi connectivity index (χ1) is 8.08. The zero-order valence-electron chi connectivity index (χ0n) is 9.33. The fourth-order valence-electron chi connectivity index (χ4n) is 1.46. The molecule has 0 aliphatic carbocycles. The van der Waals surface area contributed by atoms with E-state index in [-0.39, 0.29) is 18.7 Å². The maximum absolute atomic E-state index is 10.9. The topological polar surface area (TPSA) is 73.6 Å². The van der Waals surface area contributed by atoms with Gasteiger partial charge in [-0.15, -0.1) is 0 Å². The lowest BCUT2D eigenvalue weighted by Crippen LogP contribution is -2.38. The van der Waals surface area contributed by atoms with Crippen LogP contribution in [-0.4, -0.2) is 18.7 Å². The molecule has 0 saturated carbocycles. The van der Waals surface area contributed by atoms with Gasteiger partial charge in [0.15, 0.2) is 11.5 Å². The molecule has 5 nitrogen and oxygen atoms in total. The average molecular weight is 301 g/mol. The molecular formula is C11H13BrN2O3. The van der Waals surface area contributed by atoms with E-state index in [4.69, 9.17) is 15.2 Å². The molecule has 1 aromatic carbocycles. The number of nitrogens with two attached hydrogens (primary N) is 1. The number of carbonyl (C=O) groups is 1. The van der Waals surface area contributed by atoms with Gasteiger partial charge in [0.05, 0.1) is 6.04 Å². The third kappa shape index (κ3) is 2.70. The van der Waals surface area contributed by atoms with Crippen molar-refractivity contribution < 1.29 is 14.3 Å². The Morgan fingerprint density at radius 3 is 2.82 bits per heavy atom. The number of ether oxygens (including phenoxy) is 2. The van der Waals surface area contributed by atoms with Gasteiger partial charge in [-0.05, 0) is 24.6 Å². The van der Waals surface area contributed by atoms with E-state index in [2.05, 4.69) is 21.2 Å². The number of nitrogens with one attached hydrogen (secondary N) is 1. The third-order valence-electron chi connectivity index (χ3n) is 2.57. The number of amides is 1. The molecule has 0 aromatic heterocycles. The van der Waals surface area contributed by atoms with E-state index >= 15 is 0 Å². The van der Waals surface area contributed by atoms with E-state index < -0.39 is 0 Å². The summed E-state index contributed by atoms with van der Waals surface area (Å²) < 4.78 is 11.4. The van der Waals surface area contributed by atoms with Crippen LogP contribution in [0.2, 0.25) is 0 Å². The van der Waals surface area contributed by atoms with Crippen LogP contribution in [0.3, 0.4) is 0 Å². The predicted octanol–water partition coefficient (Wildman–Crippen LogP) is 1.14. The molecule has 17 heavy (non-hydrogen) atoms. The lowest BCUT2D eigenvalue weighted by Gasteiger charge is -2.11. The van der Waals surface area contributed by atoms with Crippen LogP contribution in [0, 0.1) is 0 Å². The molecule has 1 heterocycles. The maximum atomic E-state index is 10.9. The Labute approximate surface area is 107 Å². The van der Waals surface area contributed by atoms with Crippen LogP contribution in [-0.2, 0) is 11.3 Å². The summed E-state index contributed by atoms with van der Waals surface area (Å²) in [5, 5.41) is 3.03. The van der Waals surface area contributed by atoms with Crippen molar-refractivity contribution in [2.45, 2.75) is 19.5 Å². The molecular weight excluding hydrogens is 288 g/mol.